The minimum absolute atomic E-state index is 0.0165. The van der Waals surface area contributed by atoms with Gasteiger partial charge in [0.25, 0.3) is 5.91 Å². The van der Waals surface area contributed by atoms with E-state index in [9.17, 15) is 9.18 Å². The number of carbonyl (C=O) groups is 1. The summed E-state index contributed by atoms with van der Waals surface area (Å²) in [4.78, 5) is 16.9. The molecule has 0 aliphatic rings. The van der Waals surface area contributed by atoms with Gasteiger partial charge < -0.3 is 10.0 Å². The molecule has 4 nitrogen and oxygen atoms in total. The van der Waals surface area contributed by atoms with Gasteiger partial charge in [0.15, 0.2) is 5.82 Å². The van der Waals surface area contributed by atoms with Crippen molar-refractivity contribution in [1.29, 1.82) is 0 Å². The van der Waals surface area contributed by atoms with Gasteiger partial charge >= 0.3 is 0 Å². The van der Waals surface area contributed by atoms with E-state index in [0.717, 1.165) is 6.20 Å². The summed E-state index contributed by atoms with van der Waals surface area (Å²) < 4.78 is 13.3. The SMILES string of the molecule is CC(C)N(CCO)C(=O)c1ccncc1F. The average molecular weight is 226 g/mol. The van der Waals surface area contributed by atoms with E-state index in [1.54, 1.807) is 0 Å². The topological polar surface area (TPSA) is 53.4 Å². The Bertz CT molecular complexity index is 369. The third kappa shape index (κ3) is 2.76. The van der Waals surface area contributed by atoms with Crippen molar-refractivity contribution in [2.45, 2.75) is 19.9 Å². The van der Waals surface area contributed by atoms with E-state index in [2.05, 4.69) is 4.98 Å². The summed E-state index contributed by atoms with van der Waals surface area (Å²) in [6.07, 6.45) is 2.37. The van der Waals surface area contributed by atoms with Crippen molar-refractivity contribution in [3.05, 3.63) is 29.8 Å². The zero-order valence-corrected chi connectivity index (χ0v) is 9.35. The molecule has 0 saturated carbocycles. The van der Waals surface area contributed by atoms with Crippen molar-refractivity contribution in [2.24, 2.45) is 0 Å². The summed E-state index contributed by atoms with van der Waals surface area (Å²) in [5.41, 5.74) is -0.0165. The van der Waals surface area contributed by atoms with Crippen LogP contribution in [0.25, 0.3) is 0 Å². The van der Waals surface area contributed by atoms with Crippen molar-refractivity contribution in [1.82, 2.24) is 9.88 Å². The monoisotopic (exact) mass is 226 g/mol. The van der Waals surface area contributed by atoms with Gasteiger partial charge in [-0.25, -0.2) is 4.39 Å². The largest absolute Gasteiger partial charge is 0.395 e. The lowest BCUT2D eigenvalue weighted by molar-refractivity contribution is 0.0660. The van der Waals surface area contributed by atoms with Crippen molar-refractivity contribution in [3.8, 4) is 0 Å². The van der Waals surface area contributed by atoms with E-state index in [4.69, 9.17) is 5.11 Å². The first kappa shape index (κ1) is 12.6. The lowest BCUT2D eigenvalue weighted by atomic mass is 10.2. The molecule has 0 fully saturated rings. The minimum atomic E-state index is -0.643. The summed E-state index contributed by atoms with van der Waals surface area (Å²) in [6.45, 7) is 3.67. The Morgan fingerprint density at radius 3 is 2.81 bits per heavy atom. The van der Waals surface area contributed by atoms with Crippen LogP contribution in [0, 0.1) is 5.82 Å². The number of aliphatic hydroxyl groups excluding tert-OH is 1. The van der Waals surface area contributed by atoms with Crippen molar-refractivity contribution < 1.29 is 14.3 Å². The molecular weight excluding hydrogens is 211 g/mol. The average Bonchev–Trinajstić information content (AvgIpc) is 2.25. The van der Waals surface area contributed by atoms with Crippen molar-refractivity contribution in [3.63, 3.8) is 0 Å². The van der Waals surface area contributed by atoms with Crippen LogP contribution in [0.4, 0.5) is 4.39 Å². The molecular formula is C11H15FN2O2. The quantitative estimate of drug-likeness (QED) is 0.835. The molecule has 0 aliphatic heterocycles. The molecule has 1 aromatic rings. The molecule has 1 heterocycles. The highest BCUT2D eigenvalue weighted by atomic mass is 19.1. The maximum absolute atomic E-state index is 13.3. The Morgan fingerprint density at radius 2 is 2.31 bits per heavy atom. The van der Waals surface area contributed by atoms with Crippen LogP contribution in [0.1, 0.15) is 24.2 Å². The fraction of sp³-hybridized carbons (Fsp3) is 0.455. The fourth-order valence-electron chi connectivity index (χ4n) is 1.41. The first-order valence-corrected chi connectivity index (χ1v) is 5.09. The summed E-state index contributed by atoms with van der Waals surface area (Å²) in [5, 5.41) is 8.85. The Labute approximate surface area is 93.7 Å². The van der Waals surface area contributed by atoms with Gasteiger partial charge in [-0.2, -0.15) is 0 Å². The molecule has 16 heavy (non-hydrogen) atoms. The van der Waals surface area contributed by atoms with Crippen LogP contribution in [0.3, 0.4) is 0 Å². The second-order valence-corrected chi connectivity index (χ2v) is 3.67. The molecule has 0 atom stereocenters. The zero-order valence-electron chi connectivity index (χ0n) is 9.35. The number of amides is 1. The van der Waals surface area contributed by atoms with Crippen LogP contribution in [0.2, 0.25) is 0 Å². The van der Waals surface area contributed by atoms with E-state index in [-0.39, 0.29) is 24.8 Å². The Kier molecular flexibility index (Phi) is 4.37. The van der Waals surface area contributed by atoms with E-state index in [1.807, 2.05) is 13.8 Å². The normalized spacial score (nSPS) is 10.6. The third-order valence-electron chi connectivity index (χ3n) is 2.23. The van der Waals surface area contributed by atoms with Gasteiger partial charge in [-0.05, 0) is 19.9 Å². The Hall–Kier alpha value is -1.49. The van der Waals surface area contributed by atoms with Gasteiger partial charge in [-0.1, -0.05) is 0 Å². The van der Waals surface area contributed by atoms with Gasteiger partial charge in [0, 0.05) is 18.8 Å². The summed E-state index contributed by atoms with van der Waals surface area (Å²) in [7, 11) is 0. The molecule has 0 bridgehead atoms. The molecule has 1 aromatic heterocycles. The second kappa shape index (κ2) is 5.55. The molecule has 1 N–H and O–H groups in total. The van der Waals surface area contributed by atoms with Crippen LogP contribution >= 0.6 is 0 Å². The van der Waals surface area contributed by atoms with Crippen molar-refractivity contribution in [2.75, 3.05) is 13.2 Å². The number of carbonyl (C=O) groups excluding carboxylic acids is 1. The number of hydrogen-bond donors (Lipinski definition) is 1. The van der Waals surface area contributed by atoms with Gasteiger partial charge in [0.1, 0.15) is 0 Å². The molecule has 0 unspecified atom stereocenters. The van der Waals surface area contributed by atoms with E-state index < -0.39 is 11.7 Å². The van der Waals surface area contributed by atoms with Gasteiger partial charge in [0.2, 0.25) is 0 Å². The van der Waals surface area contributed by atoms with Crippen LogP contribution in [0.5, 0.6) is 0 Å². The van der Waals surface area contributed by atoms with Crippen LogP contribution in [0.15, 0.2) is 18.5 Å². The van der Waals surface area contributed by atoms with Crippen LogP contribution < -0.4 is 0 Å². The highest BCUT2D eigenvalue weighted by molar-refractivity contribution is 5.94. The summed E-state index contributed by atoms with van der Waals surface area (Å²) >= 11 is 0. The molecule has 0 saturated heterocycles. The number of aromatic nitrogens is 1. The van der Waals surface area contributed by atoms with Crippen molar-refractivity contribution >= 4 is 5.91 Å². The fourth-order valence-corrected chi connectivity index (χ4v) is 1.41. The van der Waals surface area contributed by atoms with Crippen LogP contribution in [-0.4, -0.2) is 40.1 Å². The van der Waals surface area contributed by atoms with E-state index in [0.29, 0.717) is 0 Å². The molecule has 5 heteroatoms. The molecule has 88 valence electrons. The van der Waals surface area contributed by atoms with Gasteiger partial charge in [0.05, 0.1) is 18.4 Å². The van der Waals surface area contributed by atoms with E-state index in [1.165, 1.54) is 17.2 Å². The highest BCUT2D eigenvalue weighted by Gasteiger charge is 2.20. The standard InChI is InChI=1S/C11H15FN2O2/c1-8(2)14(5-6-15)11(16)9-3-4-13-7-10(9)12/h3-4,7-8,15H,5-6H2,1-2H3. The zero-order chi connectivity index (χ0) is 12.1. The highest BCUT2D eigenvalue weighted by Crippen LogP contribution is 2.10. The first-order chi connectivity index (χ1) is 7.57. The maximum atomic E-state index is 13.3. The number of pyridine rings is 1. The molecule has 1 rings (SSSR count). The first-order valence-electron chi connectivity index (χ1n) is 5.09. The smallest absolute Gasteiger partial charge is 0.257 e. The maximum Gasteiger partial charge on any atom is 0.257 e. The number of halogens is 1. The van der Waals surface area contributed by atoms with Crippen LogP contribution in [-0.2, 0) is 0 Å². The summed E-state index contributed by atoms with van der Waals surface area (Å²) in [6, 6.07) is 1.25. The molecule has 0 radical (unpaired) electrons. The molecule has 0 spiro atoms. The van der Waals surface area contributed by atoms with Gasteiger partial charge in [-0.3, -0.25) is 9.78 Å². The number of aliphatic hydroxyl groups is 1. The van der Waals surface area contributed by atoms with Gasteiger partial charge in [-0.15, -0.1) is 0 Å². The number of rotatable bonds is 4. The lowest BCUT2D eigenvalue weighted by Gasteiger charge is -2.26. The Morgan fingerprint density at radius 1 is 1.62 bits per heavy atom. The number of nitrogens with zero attached hydrogens (tertiary/aromatic N) is 2. The third-order valence-corrected chi connectivity index (χ3v) is 2.23. The minimum Gasteiger partial charge on any atom is -0.395 e. The second-order valence-electron chi connectivity index (χ2n) is 3.67. The molecule has 0 aromatic carbocycles. The number of hydrogen-bond acceptors (Lipinski definition) is 3. The predicted molar refractivity (Wildman–Crippen MR) is 57.5 cm³/mol. The molecule has 1 amide bonds. The molecule has 0 aliphatic carbocycles. The lowest BCUT2D eigenvalue weighted by Crippen LogP contribution is -2.39. The predicted octanol–water partition coefficient (Wildman–Crippen LogP) is 1.06. The summed E-state index contributed by atoms with van der Waals surface area (Å²) in [5.74, 6) is -1.07. The Balaban J connectivity index is 2.95. The van der Waals surface area contributed by atoms with E-state index >= 15 is 0 Å².